The second kappa shape index (κ2) is 28.5. The van der Waals surface area contributed by atoms with Gasteiger partial charge in [0.1, 0.15) is 0 Å². The first-order chi connectivity index (χ1) is 17.2. The van der Waals surface area contributed by atoms with Crippen LogP contribution in [0, 0.1) is 0 Å². The molecule has 0 aromatic carbocycles. The fourth-order valence-electron chi connectivity index (χ4n) is 5.67. The quantitative estimate of drug-likeness (QED) is 0.0984. The summed E-state index contributed by atoms with van der Waals surface area (Å²) in [6.07, 6.45) is 40.2. The molecule has 1 N–H and O–H groups in total. The number of hydrogen-bond acceptors (Lipinski definition) is 1. The third kappa shape index (κ3) is 26.8. The highest BCUT2D eigenvalue weighted by Crippen LogP contribution is 2.29. The van der Waals surface area contributed by atoms with Gasteiger partial charge in [-0.1, -0.05) is 194 Å². The Balaban J connectivity index is 4.02. The Labute approximate surface area is 224 Å². The van der Waals surface area contributed by atoms with Crippen molar-refractivity contribution in [3.05, 3.63) is 0 Å². The molecule has 0 bridgehead atoms. The summed E-state index contributed by atoms with van der Waals surface area (Å²) in [7, 11) is 0. The van der Waals surface area contributed by atoms with E-state index in [4.69, 9.17) is 0 Å². The van der Waals surface area contributed by atoms with E-state index in [0.29, 0.717) is 0 Å². The Hall–Kier alpha value is -0.0400. The van der Waals surface area contributed by atoms with Gasteiger partial charge in [0.2, 0.25) is 0 Å². The van der Waals surface area contributed by atoms with E-state index >= 15 is 0 Å². The summed E-state index contributed by atoms with van der Waals surface area (Å²) in [6.45, 7) is 6.89. The molecule has 1 nitrogen and oxygen atoms in total. The Morgan fingerprint density at radius 3 is 0.657 bits per heavy atom. The summed E-state index contributed by atoms with van der Waals surface area (Å²) < 4.78 is 0. The van der Waals surface area contributed by atoms with Crippen molar-refractivity contribution in [3.8, 4) is 0 Å². The third-order valence-corrected chi connectivity index (χ3v) is 8.24. The third-order valence-electron chi connectivity index (χ3n) is 8.24. The molecule has 0 aromatic heterocycles. The highest BCUT2D eigenvalue weighted by Gasteiger charge is 2.25. The maximum atomic E-state index is 11.5. The summed E-state index contributed by atoms with van der Waals surface area (Å²) in [5.74, 6) is 0. The molecule has 0 aliphatic carbocycles. The summed E-state index contributed by atoms with van der Waals surface area (Å²) in [5.41, 5.74) is -0.371. The zero-order chi connectivity index (χ0) is 25.7. The minimum absolute atomic E-state index is 0.371. The summed E-state index contributed by atoms with van der Waals surface area (Å²) in [4.78, 5) is 0. The van der Waals surface area contributed by atoms with Crippen molar-refractivity contribution in [3.63, 3.8) is 0 Å². The predicted molar refractivity (Wildman–Crippen MR) is 160 cm³/mol. The van der Waals surface area contributed by atoms with Gasteiger partial charge < -0.3 is 5.11 Å². The smallest absolute Gasteiger partial charge is 0.0647 e. The van der Waals surface area contributed by atoms with Crippen LogP contribution in [0.5, 0.6) is 0 Å². The largest absolute Gasteiger partial charge is 0.390 e. The molecule has 0 rings (SSSR count). The topological polar surface area (TPSA) is 20.2 Å². The maximum absolute atomic E-state index is 11.5. The molecule has 0 atom stereocenters. The van der Waals surface area contributed by atoms with E-state index in [-0.39, 0.29) is 5.60 Å². The first kappa shape index (κ1) is 35.0. The van der Waals surface area contributed by atoms with Gasteiger partial charge in [0.25, 0.3) is 0 Å². The zero-order valence-electron chi connectivity index (χ0n) is 25.2. The molecule has 0 saturated carbocycles. The van der Waals surface area contributed by atoms with Gasteiger partial charge in [-0.2, -0.15) is 0 Å². The molecule has 0 saturated heterocycles. The van der Waals surface area contributed by atoms with Gasteiger partial charge in [-0.05, 0) is 19.3 Å². The van der Waals surface area contributed by atoms with Crippen LogP contribution in [-0.4, -0.2) is 10.7 Å². The molecular formula is C34H70O. The fourth-order valence-corrected chi connectivity index (χ4v) is 5.67. The Kier molecular flexibility index (Phi) is 28.5. The van der Waals surface area contributed by atoms with Crippen molar-refractivity contribution in [1.29, 1.82) is 0 Å². The minimum atomic E-state index is -0.371. The zero-order valence-corrected chi connectivity index (χ0v) is 25.2. The van der Waals surface area contributed by atoms with Crippen molar-refractivity contribution in [2.24, 2.45) is 0 Å². The van der Waals surface area contributed by atoms with Crippen molar-refractivity contribution >= 4 is 0 Å². The van der Waals surface area contributed by atoms with E-state index in [0.717, 1.165) is 19.3 Å². The monoisotopic (exact) mass is 495 g/mol. The molecule has 0 aromatic rings. The van der Waals surface area contributed by atoms with Crippen molar-refractivity contribution < 1.29 is 5.11 Å². The first-order valence-electron chi connectivity index (χ1n) is 16.9. The van der Waals surface area contributed by atoms with E-state index < -0.39 is 0 Å². The van der Waals surface area contributed by atoms with E-state index in [1.54, 1.807) is 0 Å². The van der Waals surface area contributed by atoms with E-state index in [2.05, 4.69) is 20.8 Å². The molecule has 1 heteroatoms. The molecule has 0 heterocycles. The van der Waals surface area contributed by atoms with Crippen LogP contribution in [0.15, 0.2) is 0 Å². The van der Waals surface area contributed by atoms with Crippen LogP contribution in [-0.2, 0) is 0 Å². The molecule has 0 aliphatic heterocycles. The van der Waals surface area contributed by atoms with E-state index in [9.17, 15) is 5.11 Å². The van der Waals surface area contributed by atoms with Gasteiger partial charge in [-0.3, -0.25) is 0 Å². The summed E-state index contributed by atoms with van der Waals surface area (Å²) >= 11 is 0. The van der Waals surface area contributed by atoms with Gasteiger partial charge >= 0.3 is 0 Å². The van der Waals surface area contributed by atoms with Crippen molar-refractivity contribution in [2.75, 3.05) is 0 Å². The van der Waals surface area contributed by atoms with Crippen LogP contribution in [0.3, 0.4) is 0 Å². The van der Waals surface area contributed by atoms with Crippen LogP contribution >= 0.6 is 0 Å². The minimum Gasteiger partial charge on any atom is -0.390 e. The highest BCUT2D eigenvalue weighted by molar-refractivity contribution is 4.78. The number of unbranched alkanes of at least 4 members (excludes halogenated alkanes) is 24. The molecule has 0 unspecified atom stereocenters. The van der Waals surface area contributed by atoms with Gasteiger partial charge in [-0.15, -0.1) is 0 Å². The van der Waals surface area contributed by atoms with Crippen molar-refractivity contribution in [1.82, 2.24) is 0 Å². The van der Waals surface area contributed by atoms with Gasteiger partial charge in [-0.25, -0.2) is 0 Å². The lowest BCUT2D eigenvalue weighted by molar-refractivity contribution is 0.00704. The van der Waals surface area contributed by atoms with Crippen LogP contribution in [0.1, 0.15) is 213 Å². The van der Waals surface area contributed by atoms with Gasteiger partial charge in [0, 0.05) is 0 Å². The van der Waals surface area contributed by atoms with Gasteiger partial charge in [0.05, 0.1) is 5.60 Å². The Morgan fingerprint density at radius 1 is 0.286 bits per heavy atom. The molecule has 0 radical (unpaired) electrons. The molecule has 0 fully saturated rings. The number of aliphatic hydroxyl groups is 1. The standard InChI is InChI=1S/C34H70O/c1-4-7-10-13-16-19-20-21-24-27-30-33-34(35,31-28-25-22-17-14-11-8-5-2)32-29-26-23-18-15-12-9-6-3/h35H,4-33H2,1-3H3. The molecule has 0 spiro atoms. The Bertz CT molecular complexity index is 357. The highest BCUT2D eigenvalue weighted by atomic mass is 16.3. The maximum Gasteiger partial charge on any atom is 0.0647 e. The SMILES string of the molecule is CCCCCCCCCCCCCC(O)(CCCCCCCCCC)CCCCCCCCCC. The fraction of sp³-hybridized carbons (Fsp3) is 1.00. The molecule has 0 amide bonds. The summed E-state index contributed by atoms with van der Waals surface area (Å²) in [5, 5.41) is 11.5. The van der Waals surface area contributed by atoms with Crippen LogP contribution in [0.2, 0.25) is 0 Å². The second-order valence-electron chi connectivity index (χ2n) is 12.0. The lowest BCUT2D eigenvalue weighted by Crippen LogP contribution is -2.28. The first-order valence-corrected chi connectivity index (χ1v) is 16.9. The molecule has 0 aliphatic rings. The van der Waals surface area contributed by atoms with E-state index in [1.807, 2.05) is 0 Å². The second-order valence-corrected chi connectivity index (χ2v) is 12.0. The summed E-state index contributed by atoms with van der Waals surface area (Å²) in [6, 6.07) is 0. The average molecular weight is 495 g/mol. The molecule has 212 valence electrons. The normalized spacial score (nSPS) is 12.0. The number of rotatable bonds is 30. The van der Waals surface area contributed by atoms with Gasteiger partial charge in [0.15, 0.2) is 0 Å². The van der Waals surface area contributed by atoms with Crippen LogP contribution in [0.25, 0.3) is 0 Å². The van der Waals surface area contributed by atoms with Crippen LogP contribution in [0.4, 0.5) is 0 Å². The molecular weight excluding hydrogens is 424 g/mol. The number of hydrogen-bond donors (Lipinski definition) is 1. The van der Waals surface area contributed by atoms with Crippen molar-refractivity contribution in [2.45, 2.75) is 219 Å². The van der Waals surface area contributed by atoms with E-state index in [1.165, 1.54) is 173 Å². The molecule has 35 heavy (non-hydrogen) atoms. The average Bonchev–Trinajstić information content (AvgIpc) is 2.86. The van der Waals surface area contributed by atoms with Crippen LogP contribution < -0.4 is 0 Å². The Morgan fingerprint density at radius 2 is 0.457 bits per heavy atom. The lowest BCUT2D eigenvalue weighted by Gasteiger charge is -2.29. The predicted octanol–water partition coefficient (Wildman–Crippen LogP) is 12.5. The lowest BCUT2D eigenvalue weighted by atomic mass is 9.85.